The maximum Gasteiger partial charge on any atom is 0.175 e. The molecule has 18 heavy (non-hydrogen) atoms. The first-order valence-corrected chi connectivity index (χ1v) is 7.83. The van der Waals surface area contributed by atoms with E-state index in [2.05, 4.69) is 19.2 Å². The molecule has 0 atom stereocenters. The molecule has 0 saturated heterocycles. The highest BCUT2D eigenvalue weighted by atomic mass is 32.2. The summed E-state index contributed by atoms with van der Waals surface area (Å²) in [6.45, 7) is 6.39. The highest BCUT2D eigenvalue weighted by Gasteiger charge is 2.14. The summed E-state index contributed by atoms with van der Waals surface area (Å²) in [6.07, 6.45) is 1.21. The topological polar surface area (TPSA) is 72.2 Å². The standard InChI is InChI=1S/C13H22N2O2S/c1-13(2,9-14)10-15-8-11-4-6-12(7-5-11)18(3,16)17/h4-7,15H,8-10,14H2,1-3H3. The summed E-state index contributed by atoms with van der Waals surface area (Å²) in [5.74, 6) is 0. The lowest BCUT2D eigenvalue weighted by atomic mass is 9.94. The molecule has 3 N–H and O–H groups in total. The number of benzene rings is 1. The molecule has 1 aromatic rings. The van der Waals surface area contributed by atoms with Crippen LogP contribution in [0.2, 0.25) is 0 Å². The minimum atomic E-state index is -3.10. The highest BCUT2D eigenvalue weighted by Crippen LogP contribution is 2.12. The number of hydrogen-bond donors (Lipinski definition) is 2. The van der Waals surface area contributed by atoms with Gasteiger partial charge in [-0.05, 0) is 29.7 Å². The molecule has 0 aliphatic rings. The third-order valence-electron chi connectivity index (χ3n) is 2.84. The van der Waals surface area contributed by atoms with Crippen LogP contribution in [-0.4, -0.2) is 27.8 Å². The van der Waals surface area contributed by atoms with Gasteiger partial charge in [0, 0.05) is 19.3 Å². The van der Waals surface area contributed by atoms with Crippen molar-refractivity contribution in [2.24, 2.45) is 11.1 Å². The zero-order valence-corrected chi connectivity index (χ0v) is 12.0. The van der Waals surface area contributed by atoms with Crippen molar-refractivity contribution in [2.45, 2.75) is 25.3 Å². The van der Waals surface area contributed by atoms with E-state index in [1.54, 1.807) is 12.1 Å². The van der Waals surface area contributed by atoms with Gasteiger partial charge in [-0.1, -0.05) is 26.0 Å². The van der Waals surface area contributed by atoms with E-state index in [4.69, 9.17) is 5.73 Å². The zero-order chi connectivity index (χ0) is 13.8. The molecule has 0 heterocycles. The third kappa shape index (κ3) is 4.76. The number of nitrogens with two attached hydrogens (primary N) is 1. The van der Waals surface area contributed by atoms with E-state index in [-0.39, 0.29) is 5.41 Å². The molecule has 0 aliphatic carbocycles. The lowest BCUT2D eigenvalue weighted by Gasteiger charge is -2.22. The first-order valence-electron chi connectivity index (χ1n) is 5.94. The summed E-state index contributed by atoms with van der Waals surface area (Å²) in [5.41, 5.74) is 6.79. The third-order valence-corrected chi connectivity index (χ3v) is 3.97. The molecule has 0 bridgehead atoms. The van der Waals surface area contributed by atoms with Gasteiger partial charge in [0.05, 0.1) is 4.90 Å². The SMILES string of the molecule is CC(C)(CN)CNCc1ccc(S(C)(=O)=O)cc1. The van der Waals surface area contributed by atoms with Gasteiger partial charge in [0.2, 0.25) is 0 Å². The molecule has 102 valence electrons. The van der Waals surface area contributed by atoms with Crippen molar-refractivity contribution >= 4 is 9.84 Å². The van der Waals surface area contributed by atoms with Crippen molar-refractivity contribution < 1.29 is 8.42 Å². The average molecular weight is 270 g/mol. The maximum atomic E-state index is 11.3. The quantitative estimate of drug-likeness (QED) is 0.814. The van der Waals surface area contributed by atoms with Crippen molar-refractivity contribution in [1.29, 1.82) is 0 Å². The molecule has 4 nitrogen and oxygen atoms in total. The van der Waals surface area contributed by atoms with Gasteiger partial charge in [-0.2, -0.15) is 0 Å². The Kier molecular flexibility index (Phi) is 4.90. The number of hydrogen-bond acceptors (Lipinski definition) is 4. The predicted molar refractivity (Wildman–Crippen MR) is 74.1 cm³/mol. The minimum absolute atomic E-state index is 0.0761. The van der Waals surface area contributed by atoms with E-state index >= 15 is 0 Å². The van der Waals surface area contributed by atoms with Crippen LogP contribution in [0.1, 0.15) is 19.4 Å². The lowest BCUT2D eigenvalue weighted by Crippen LogP contribution is -2.35. The van der Waals surface area contributed by atoms with Gasteiger partial charge in [0.25, 0.3) is 0 Å². The van der Waals surface area contributed by atoms with Gasteiger partial charge in [0.1, 0.15) is 0 Å². The van der Waals surface area contributed by atoms with Crippen LogP contribution in [0.5, 0.6) is 0 Å². The van der Waals surface area contributed by atoms with Crippen LogP contribution in [-0.2, 0) is 16.4 Å². The second kappa shape index (κ2) is 5.82. The van der Waals surface area contributed by atoms with Crippen LogP contribution >= 0.6 is 0 Å². The van der Waals surface area contributed by atoms with Gasteiger partial charge >= 0.3 is 0 Å². The number of sulfone groups is 1. The second-order valence-corrected chi connectivity index (χ2v) is 7.40. The van der Waals surface area contributed by atoms with E-state index in [0.29, 0.717) is 18.0 Å². The molecule has 5 heteroatoms. The summed E-state index contributed by atoms with van der Waals surface area (Å²) in [6, 6.07) is 6.94. The average Bonchev–Trinajstić information content (AvgIpc) is 2.28. The van der Waals surface area contributed by atoms with E-state index in [0.717, 1.165) is 12.1 Å². The molecule has 0 saturated carbocycles. The van der Waals surface area contributed by atoms with Gasteiger partial charge in [0.15, 0.2) is 9.84 Å². The first kappa shape index (κ1) is 15.1. The summed E-state index contributed by atoms with van der Waals surface area (Å²) >= 11 is 0. The Morgan fingerprint density at radius 3 is 2.22 bits per heavy atom. The Morgan fingerprint density at radius 1 is 1.22 bits per heavy atom. The Labute approximate surface area is 110 Å². The van der Waals surface area contributed by atoms with Crippen LogP contribution in [0.25, 0.3) is 0 Å². The zero-order valence-electron chi connectivity index (χ0n) is 11.2. The molecule has 0 unspecified atom stereocenters. The Morgan fingerprint density at radius 2 is 1.78 bits per heavy atom. The first-order chi connectivity index (χ1) is 8.24. The normalized spacial score (nSPS) is 12.7. The summed E-state index contributed by atoms with van der Waals surface area (Å²) in [5, 5.41) is 3.32. The number of rotatable bonds is 6. The molecule has 0 fully saturated rings. The minimum Gasteiger partial charge on any atom is -0.330 e. The highest BCUT2D eigenvalue weighted by molar-refractivity contribution is 7.90. The van der Waals surface area contributed by atoms with Crippen LogP contribution in [0.15, 0.2) is 29.2 Å². The molecule has 0 aromatic heterocycles. The van der Waals surface area contributed by atoms with Crippen molar-refractivity contribution in [3.63, 3.8) is 0 Å². The lowest BCUT2D eigenvalue weighted by molar-refractivity contribution is 0.351. The van der Waals surface area contributed by atoms with E-state index in [9.17, 15) is 8.42 Å². The molecular weight excluding hydrogens is 248 g/mol. The Hall–Kier alpha value is -0.910. The van der Waals surface area contributed by atoms with Crippen molar-refractivity contribution in [1.82, 2.24) is 5.32 Å². The van der Waals surface area contributed by atoms with Crippen molar-refractivity contribution in [3.8, 4) is 0 Å². The molecule has 1 aromatic carbocycles. The Balaban J connectivity index is 2.55. The number of nitrogens with one attached hydrogen (secondary N) is 1. The molecular formula is C13H22N2O2S. The van der Waals surface area contributed by atoms with Crippen LogP contribution in [0.4, 0.5) is 0 Å². The molecule has 0 spiro atoms. The van der Waals surface area contributed by atoms with Gasteiger partial charge in [-0.15, -0.1) is 0 Å². The van der Waals surface area contributed by atoms with Crippen LogP contribution in [0.3, 0.4) is 0 Å². The summed E-state index contributed by atoms with van der Waals surface area (Å²) in [4.78, 5) is 0.355. The fourth-order valence-corrected chi connectivity index (χ4v) is 2.10. The van der Waals surface area contributed by atoms with Crippen LogP contribution in [0, 0.1) is 5.41 Å². The smallest absolute Gasteiger partial charge is 0.175 e. The van der Waals surface area contributed by atoms with Crippen LogP contribution < -0.4 is 11.1 Å². The van der Waals surface area contributed by atoms with E-state index < -0.39 is 9.84 Å². The maximum absolute atomic E-state index is 11.3. The largest absolute Gasteiger partial charge is 0.330 e. The van der Waals surface area contributed by atoms with Gasteiger partial charge < -0.3 is 11.1 Å². The summed E-state index contributed by atoms with van der Waals surface area (Å²) < 4.78 is 22.6. The molecule has 0 radical (unpaired) electrons. The molecule has 0 aliphatic heterocycles. The second-order valence-electron chi connectivity index (χ2n) is 5.39. The summed E-state index contributed by atoms with van der Waals surface area (Å²) in [7, 11) is -3.10. The molecule has 0 amide bonds. The van der Waals surface area contributed by atoms with E-state index in [1.165, 1.54) is 6.26 Å². The molecule has 1 rings (SSSR count). The monoisotopic (exact) mass is 270 g/mol. The fraction of sp³-hybridized carbons (Fsp3) is 0.538. The van der Waals surface area contributed by atoms with Gasteiger partial charge in [-0.3, -0.25) is 0 Å². The van der Waals surface area contributed by atoms with E-state index in [1.807, 2.05) is 12.1 Å². The Bertz CT molecular complexity index is 478. The predicted octanol–water partition coefficient (Wildman–Crippen LogP) is 1.16. The fourth-order valence-electron chi connectivity index (χ4n) is 1.47. The van der Waals surface area contributed by atoms with Gasteiger partial charge in [-0.25, -0.2) is 8.42 Å². The van der Waals surface area contributed by atoms with Crippen molar-refractivity contribution in [2.75, 3.05) is 19.3 Å². The van der Waals surface area contributed by atoms with Crippen molar-refractivity contribution in [3.05, 3.63) is 29.8 Å².